The zero-order valence-corrected chi connectivity index (χ0v) is 15.5. The number of hydrogen-bond donors (Lipinski definition) is 2. The first-order valence-corrected chi connectivity index (χ1v) is 9.16. The number of hydrogen-bond acceptors (Lipinski definition) is 2. The van der Waals surface area contributed by atoms with Gasteiger partial charge in [0.15, 0.2) is 0 Å². The van der Waals surface area contributed by atoms with Crippen LogP contribution >= 0.6 is 11.6 Å². The summed E-state index contributed by atoms with van der Waals surface area (Å²) in [5.74, 6) is 0.233. The number of nitrogens with one attached hydrogen (secondary N) is 2. The molecule has 1 heterocycles. The predicted molar refractivity (Wildman–Crippen MR) is 103 cm³/mol. The van der Waals surface area contributed by atoms with E-state index >= 15 is 0 Å². The van der Waals surface area contributed by atoms with E-state index in [2.05, 4.69) is 10.6 Å². The molecule has 26 heavy (non-hydrogen) atoms. The number of piperidine rings is 1. The van der Waals surface area contributed by atoms with E-state index in [0.717, 1.165) is 37.1 Å². The first kappa shape index (κ1) is 18.7. The van der Waals surface area contributed by atoms with Gasteiger partial charge in [0.2, 0.25) is 0 Å². The third-order valence-corrected chi connectivity index (χ3v) is 4.98. The van der Waals surface area contributed by atoms with Crippen molar-refractivity contribution in [1.82, 2.24) is 10.6 Å². The molecule has 0 unspecified atom stereocenters. The first-order chi connectivity index (χ1) is 12.5. The molecule has 1 fully saturated rings. The molecule has 3 rings (SSSR count). The van der Waals surface area contributed by atoms with Crippen molar-refractivity contribution in [3.05, 3.63) is 64.9 Å². The summed E-state index contributed by atoms with van der Waals surface area (Å²) in [4.78, 5) is 14.1. The van der Waals surface area contributed by atoms with Crippen LogP contribution in [0.4, 0.5) is 14.9 Å². The van der Waals surface area contributed by atoms with Gasteiger partial charge in [-0.3, -0.25) is 10.2 Å². The lowest BCUT2D eigenvalue weighted by molar-refractivity contribution is 0.226. The number of amides is 2. The number of nitrogens with zero attached hydrogens (tertiary/aromatic N) is 1. The molecular formula is C20H23ClFN3O. The van der Waals surface area contributed by atoms with Crippen molar-refractivity contribution < 1.29 is 9.18 Å². The molecule has 1 aliphatic rings. The zero-order valence-electron chi connectivity index (χ0n) is 14.7. The molecule has 0 bridgehead atoms. The number of carbonyl (C=O) groups excluding carboxylic acids is 1. The highest BCUT2D eigenvalue weighted by Crippen LogP contribution is 2.22. The topological polar surface area (TPSA) is 44.4 Å². The predicted octanol–water partition coefficient (Wildman–Crippen LogP) is 4.19. The number of benzene rings is 2. The molecule has 0 aliphatic carbocycles. The maximum atomic E-state index is 13.0. The average Bonchev–Trinajstić information content (AvgIpc) is 2.63. The minimum Gasteiger partial charge on any atom is -0.322 e. The molecular weight excluding hydrogens is 353 g/mol. The maximum Gasteiger partial charge on any atom is 0.322 e. The summed E-state index contributed by atoms with van der Waals surface area (Å²) in [6, 6.07) is 13.7. The van der Waals surface area contributed by atoms with E-state index in [1.165, 1.54) is 12.1 Å². The summed E-state index contributed by atoms with van der Waals surface area (Å²) in [5.41, 5.74) is 1.87. The molecule has 1 saturated heterocycles. The van der Waals surface area contributed by atoms with Crippen LogP contribution in [0.2, 0.25) is 5.02 Å². The maximum absolute atomic E-state index is 13.0. The van der Waals surface area contributed by atoms with Gasteiger partial charge >= 0.3 is 6.03 Å². The molecule has 0 aromatic heterocycles. The highest BCUT2D eigenvalue weighted by Gasteiger charge is 2.24. The summed E-state index contributed by atoms with van der Waals surface area (Å²) in [6.45, 7) is 0.845. The van der Waals surface area contributed by atoms with Gasteiger partial charge in [-0.15, -0.1) is 0 Å². The summed E-state index contributed by atoms with van der Waals surface area (Å²) >= 11 is 6.00. The van der Waals surface area contributed by atoms with Crippen molar-refractivity contribution in [2.75, 3.05) is 18.5 Å². The van der Waals surface area contributed by atoms with Crippen molar-refractivity contribution in [2.45, 2.75) is 25.4 Å². The first-order valence-electron chi connectivity index (χ1n) is 8.79. The summed E-state index contributed by atoms with van der Waals surface area (Å²) in [6.07, 6.45) is 2.68. The van der Waals surface area contributed by atoms with Gasteiger partial charge in [-0.2, -0.15) is 0 Å². The second-order valence-corrected chi connectivity index (χ2v) is 7.15. The van der Waals surface area contributed by atoms with Crippen LogP contribution in [0.1, 0.15) is 18.4 Å². The van der Waals surface area contributed by atoms with E-state index in [0.29, 0.717) is 10.9 Å². The molecule has 2 amide bonds. The van der Waals surface area contributed by atoms with E-state index in [-0.39, 0.29) is 18.0 Å². The molecule has 6 heteroatoms. The molecule has 0 spiro atoms. The lowest BCUT2D eigenvalue weighted by Gasteiger charge is -2.32. The van der Waals surface area contributed by atoms with Gasteiger partial charge in [0.05, 0.1) is 6.17 Å². The Balaban J connectivity index is 1.55. The van der Waals surface area contributed by atoms with Gasteiger partial charge in [0.1, 0.15) is 5.82 Å². The molecule has 1 aliphatic heterocycles. The normalized spacial score (nSPS) is 19.8. The zero-order chi connectivity index (χ0) is 18.5. The quantitative estimate of drug-likeness (QED) is 0.841. The van der Waals surface area contributed by atoms with E-state index in [1.807, 2.05) is 24.3 Å². The fourth-order valence-corrected chi connectivity index (χ4v) is 3.48. The van der Waals surface area contributed by atoms with Gasteiger partial charge in [-0.25, -0.2) is 9.18 Å². The Bertz CT molecular complexity index is 753. The Hall–Kier alpha value is -2.11. The van der Waals surface area contributed by atoms with Crippen LogP contribution in [0.5, 0.6) is 0 Å². The van der Waals surface area contributed by atoms with Gasteiger partial charge < -0.3 is 5.32 Å². The van der Waals surface area contributed by atoms with Crippen molar-refractivity contribution in [2.24, 2.45) is 5.92 Å². The highest BCUT2D eigenvalue weighted by atomic mass is 35.5. The lowest BCUT2D eigenvalue weighted by atomic mass is 9.89. The fourth-order valence-electron chi connectivity index (χ4n) is 3.29. The molecule has 2 atom stereocenters. The SMILES string of the molecule is CN(C(=O)N[C@@H]1C[C@H](Cc2ccc(F)cc2)CCN1)c1cccc(Cl)c1. The van der Waals surface area contributed by atoms with Gasteiger partial charge in [-0.1, -0.05) is 29.8 Å². The minimum atomic E-state index is -0.215. The molecule has 2 aromatic rings. The van der Waals surface area contributed by atoms with E-state index in [1.54, 1.807) is 24.1 Å². The third kappa shape index (κ3) is 4.96. The lowest BCUT2D eigenvalue weighted by Crippen LogP contribution is -2.53. The third-order valence-electron chi connectivity index (χ3n) is 4.75. The summed E-state index contributed by atoms with van der Waals surface area (Å²) in [5, 5.41) is 6.98. The second kappa shape index (κ2) is 8.52. The van der Waals surface area contributed by atoms with E-state index < -0.39 is 0 Å². The van der Waals surface area contributed by atoms with Crippen LogP contribution in [-0.4, -0.2) is 25.8 Å². The Morgan fingerprint density at radius 3 is 2.81 bits per heavy atom. The van der Waals surface area contributed by atoms with Crippen molar-refractivity contribution in [1.29, 1.82) is 0 Å². The second-order valence-electron chi connectivity index (χ2n) is 6.72. The van der Waals surface area contributed by atoms with Crippen LogP contribution in [0.3, 0.4) is 0 Å². The average molecular weight is 376 g/mol. The van der Waals surface area contributed by atoms with Gasteiger partial charge in [0.25, 0.3) is 0 Å². The number of rotatable bonds is 4. The van der Waals surface area contributed by atoms with Crippen molar-refractivity contribution in [3.63, 3.8) is 0 Å². The van der Waals surface area contributed by atoms with Crippen LogP contribution in [0.15, 0.2) is 48.5 Å². The van der Waals surface area contributed by atoms with Gasteiger partial charge in [0, 0.05) is 17.8 Å². The van der Waals surface area contributed by atoms with Gasteiger partial charge in [-0.05, 0) is 67.6 Å². The molecule has 0 radical (unpaired) electrons. The number of carbonyl (C=O) groups is 1. The van der Waals surface area contributed by atoms with Crippen LogP contribution in [0.25, 0.3) is 0 Å². The fraction of sp³-hybridized carbons (Fsp3) is 0.350. The smallest absolute Gasteiger partial charge is 0.322 e. The Morgan fingerprint density at radius 2 is 2.08 bits per heavy atom. The standard InChI is InChI=1S/C20H23ClFN3O/c1-25(18-4-2-3-16(21)13-18)20(26)24-19-12-15(9-10-23-19)11-14-5-7-17(22)8-6-14/h2-8,13,15,19,23H,9-12H2,1H3,(H,24,26)/t15-,19+/m0/s1. The largest absolute Gasteiger partial charge is 0.322 e. The summed E-state index contributed by atoms with van der Waals surface area (Å²) in [7, 11) is 1.72. The molecule has 0 saturated carbocycles. The van der Waals surface area contributed by atoms with Crippen molar-refractivity contribution >= 4 is 23.3 Å². The Kier molecular flexibility index (Phi) is 6.12. The highest BCUT2D eigenvalue weighted by molar-refractivity contribution is 6.30. The van der Waals surface area contributed by atoms with Crippen LogP contribution < -0.4 is 15.5 Å². The Morgan fingerprint density at radius 1 is 1.31 bits per heavy atom. The molecule has 2 N–H and O–H groups in total. The minimum absolute atomic E-state index is 0.0802. The molecule has 138 valence electrons. The van der Waals surface area contributed by atoms with Crippen LogP contribution in [0, 0.1) is 11.7 Å². The summed E-state index contributed by atoms with van der Waals surface area (Å²) < 4.78 is 13.0. The number of halogens is 2. The number of anilines is 1. The molecule has 2 aromatic carbocycles. The number of urea groups is 1. The van der Waals surface area contributed by atoms with E-state index in [4.69, 9.17) is 11.6 Å². The monoisotopic (exact) mass is 375 g/mol. The van der Waals surface area contributed by atoms with E-state index in [9.17, 15) is 9.18 Å². The molecule has 4 nitrogen and oxygen atoms in total. The van der Waals surface area contributed by atoms with Crippen molar-refractivity contribution in [3.8, 4) is 0 Å². The Labute approximate surface area is 158 Å². The van der Waals surface area contributed by atoms with Crippen LogP contribution in [-0.2, 0) is 6.42 Å².